The van der Waals surface area contributed by atoms with Gasteiger partial charge < -0.3 is 19.9 Å². The number of hydrogen-bond donors (Lipinski definition) is 2. The topological polar surface area (TPSA) is 50.7 Å². The molecule has 1 saturated carbocycles. The molecule has 26 heavy (non-hydrogen) atoms. The first kappa shape index (κ1) is 19.7. The number of methoxy groups -OCH3 is 1. The van der Waals surface area contributed by atoms with E-state index in [1.54, 1.807) is 7.11 Å². The van der Waals surface area contributed by atoms with Crippen molar-refractivity contribution in [3.63, 3.8) is 0 Å². The van der Waals surface area contributed by atoms with Crippen molar-refractivity contribution in [1.82, 2.24) is 5.32 Å². The molecular formula is C22H35NO3. The number of ether oxygens (including phenoxy) is 2. The minimum atomic E-state index is -0.836. The molecule has 4 nitrogen and oxygen atoms in total. The first-order chi connectivity index (χ1) is 12.7. The number of para-hydroxylation sites is 1. The van der Waals surface area contributed by atoms with Crippen LogP contribution in [0.25, 0.3) is 0 Å². The Labute approximate surface area is 158 Å². The summed E-state index contributed by atoms with van der Waals surface area (Å²) >= 11 is 0. The van der Waals surface area contributed by atoms with Gasteiger partial charge in [-0.1, -0.05) is 24.6 Å². The molecule has 0 spiro atoms. The Kier molecular flexibility index (Phi) is 7.35. The van der Waals surface area contributed by atoms with Gasteiger partial charge in [-0.15, -0.1) is 0 Å². The fourth-order valence-corrected chi connectivity index (χ4v) is 4.28. The third kappa shape index (κ3) is 4.79. The predicted molar refractivity (Wildman–Crippen MR) is 104 cm³/mol. The van der Waals surface area contributed by atoms with Crippen LogP contribution < -0.4 is 10.1 Å². The van der Waals surface area contributed by atoms with Crippen molar-refractivity contribution in [3.8, 4) is 5.75 Å². The number of hydrogen-bond acceptors (Lipinski definition) is 4. The molecule has 1 aliphatic carbocycles. The second-order valence-electron chi connectivity index (χ2n) is 8.02. The van der Waals surface area contributed by atoms with E-state index in [-0.39, 0.29) is 5.92 Å². The fourth-order valence-electron chi connectivity index (χ4n) is 4.28. The van der Waals surface area contributed by atoms with Gasteiger partial charge in [0.15, 0.2) is 0 Å². The summed E-state index contributed by atoms with van der Waals surface area (Å²) in [6.45, 7) is 3.45. The maximum absolute atomic E-state index is 11.9. The van der Waals surface area contributed by atoms with Gasteiger partial charge in [0.25, 0.3) is 0 Å². The number of aliphatic hydroxyl groups is 1. The fraction of sp³-hybridized carbons (Fsp3) is 0.727. The molecule has 2 aliphatic rings. The summed E-state index contributed by atoms with van der Waals surface area (Å²) in [6.07, 6.45) is 8.74. The van der Waals surface area contributed by atoms with Crippen molar-refractivity contribution in [2.75, 3.05) is 33.4 Å². The standard InChI is InChI=1S/C22H35NO3/c1-25-15-5-4-13-22(24,19-10-7-14-23-16-19)20-11-2-3-12-21(20)26-17-18-8-6-9-18/h2-3,11-12,18-19,23-24H,4-10,13-17H2,1H3/t19?,22-/m0/s1. The van der Waals surface area contributed by atoms with Crippen molar-refractivity contribution in [3.05, 3.63) is 29.8 Å². The summed E-state index contributed by atoms with van der Waals surface area (Å²) in [6, 6.07) is 8.15. The molecule has 1 unspecified atom stereocenters. The highest BCUT2D eigenvalue weighted by Crippen LogP contribution is 2.42. The number of piperidine rings is 1. The molecule has 2 N–H and O–H groups in total. The molecule has 1 aromatic carbocycles. The van der Waals surface area contributed by atoms with Crippen LogP contribution >= 0.6 is 0 Å². The molecular weight excluding hydrogens is 326 g/mol. The molecule has 1 aliphatic heterocycles. The lowest BCUT2D eigenvalue weighted by atomic mass is 9.74. The SMILES string of the molecule is COCCCC[C@@](O)(c1ccccc1OCC1CCC1)C1CCCNC1. The van der Waals surface area contributed by atoms with Gasteiger partial charge in [-0.2, -0.15) is 0 Å². The molecule has 0 radical (unpaired) electrons. The largest absolute Gasteiger partial charge is 0.493 e. The van der Waals surface area contributed by atoms with Gasteiger partial charge in [0.2, 0.25) is 0 Å². The molecule has 1 saturated heterocycles. The van der Waals surface area contributed by atoms with Crippen molar-refractivity contribution >= 4 is 0 Å². The summed E-state index contributed by atoms with van der Waals surface area (Å²) in [5.74, 6) is 1.79. The summed E-state index contributed by atoms with van der Waals surface area (Å²) in [5, 5.41) is 15.3. The van der Waals surface area contributed by atoms with E-state index in [0.29, 0.717) is 5.92 Å². The van der Waals surface area contributed by atoms with Gasteiger partial charge in [-0.25, -0.2) is 0 Å². The zero-order valence-corrected chi connectivity index (χ0v) is 16.2. The van der Waals surface area contributed by atoms with Crippen LogP contribution in [0.15, 0.2) is 24.3 Å². The molecule has 0 bridgehead atoms. The average Bonchev–Trinajstić information content (AvgIpc) is 2.65. The highest BCUT2D eigenvalue weighted by Gasteiger charge is 2.40. The third-order valence-corrected chi connectivity index (χ3v) is 6.18. The van der Waals surface area contributed by atoms with Crippen LogP contribution in [0.5, 0.6) is 5.75 Å². The summed E-state index contributed by atoms with van der Waals surface area (Å²) in [4.78, 5) is 0. The minimum absolute atomic E-state index is 0.229. The van der Waals surface area contributed by atoms with Crippen molar-refractivity contribution in [2.24, 2.45) is 11.8 Å². The zero-order valence-electron chi connectivity index (χ0n) is 16.2. The second kappa shape index (κ2) is 9.72. The average molecular weight is 362 g/mol. The Morgan fingerprint density at radius 1 is 1.15 bits per heavy atom. The number of nitrogens with one attached hydrogen (secondary N) is 1. The van der Waals surface area contributed by atoms with Crippen LogP contribution in [0.3, 0.4) is 0 Å². The number of rotatable bonds is 10. The first-order valence-corrected chi connectivity index (χ1v) is 10.4. The van der Waals surface area contributed by atoms with E-state index in [0.717, 1.165) is 69.7 Å². The minimum Gasteiger partial charge on any atom is -0.493 e. The monoisotopic (exact) mass is 361 g/mol. The molecule has 3 rings (SSSR count). The Morgan fingerprint density at radius 3 is 2.69 bits per heavy atom. The van der Waals surface area contributed by atoms with Crippen molar-refractivity contribution < 1.29 is 14.6 Å². The van der Waals surface area contributed by atoms with E-state index < -0.39 is 5.60 Å². The lowest BCUT2D eigenvalue weighted by Crippen LogP contribution is -2.44. The van der Waals surface area contributed by atoms with E-state index in [1.807, 2.05) is 18.2 Å². The van der Waals surface area contributed by atoms with E-state index >= 15 is 0 Å². The quantitative estimate of drug-likeness (QED) is 0.621. The Morgan fingerprint density at radius 2 is 2.00 bits per heavy atom. The Hall–Kier alpha value is -1.10. The highest BCUT2D eigenvalue weighted by molar-refractivity contribution is 5.39. The van der Waals surface area contributed by atoms with E-state index in [2.05, 4.69) is 11.4 Å². The molecule has 0 amide bonds. The van der Waals surface area contributed by atoms with Gasteiger partial charge in [-0.05, 0) is 63.5 Å². The molecule has 146 valence electrons. The van der Waals surface area contributed by atoms with E-state index in [1.165, 1.54) is 19.3 Å². The van der Waals surface area contributed by atoms with Crippen molar-refractivity contribution in [1.29, 1.82) is 0 Å². The normalized spacial score (nSPS) is 23.2. The number of benzene rings is 1. The molecule has 2 atom stereocenters. The maximum Gasteiger partial charge on any atom is 0.125 e. The second-order valence-corrected chi connectivity index (χ2v) is 8.02. The molecule has 4 heteroatoms. The molecule has 0 aromatic heterocycles. The van der Waals surface area contributed by atoms with Gasteiger partial charge in [-0.3, -0.25) is 0 Å². The third-order valence-electron chi connectivity index (χ3n) is 6.18. The predicted octanol–water partition coefficient (Wildman–Crippen LogP) is 3.87. The van der Waals surface area contributed by atoms with E-state index in [4.69, 9.17) is 9.47 Å². The summed E-state index contributed by atoms with van der Waals surface area (Å²) < 4.78 is 11.4. The summed E-state index contributed by atoms with van der Waals surface area (Å²) in [7, 11) is 1.74. The van der Waals surface area contributed by atoms with Gasteiger partial charge in [0.1, 0.15) is 5.75 Å². The first-order valence-electron chi connectivity index (χ1n) is 10.4. The van der Waals surface area contributed by atoms with Gasteiger partial charge in [0.05, 0.1) is 12.2 Å². The van der Waals surface area contributed by atoms with Crippen molar-refractivity contribution in [2.45, 2.75) is 57.0 Å². The molecule has 2 fully saturated rings. The molecule has 1 heterocycles. The van der Waals surface area contributed by atoms with Crippen LogP contribution in [0.1, 0.15) is 56.9 Å². The highest BCUT2D eigenvalue weighted by atomic mass is 16.5. The lowest BCUT2D eigenvalue weighted by molar-refractivity contribution is -0.0456. The van der Waals surface area contributed by atoms with Crippen LogP contribution in [0.4, 0.5) is 0 Å². The Bertz CT molecular complexity index is 540. The van der Waals surface area contributed by atoms with Crippen LogP contribution in [0.2, 0.25) is 0 Å². The van der Waals surface area contributed by atoms with E-state index in [9.17, 15) is 5.11 Å². The smallest absolute Gasteiger partial charge is 0.125 e. The zero-order chi connectivity index (χ0) is 18.2. The lowest BCUT2D eigenvalue weighted by Gasteiger charge is -2.40. The van der Waals surface area contributed by atoms with Crippen LogP contribution in [-0.2, 0) is 10.3 Å². The van der Waals surface area contributed by atoms with Gasteiger partial charge >= 0.3 is 0 Å². The number of unbranched alkanes of at least 4 members (excludes halogenated alkanes) is 1. The summed E-state index contributed by atoms with van der Waals surface area (Å²) in [5.41, 5.74) is 0.141. The van der Waals surface area contributed by atoms with Crippen LogP contribution in [0, 0.1) is 11.8 Å². The molecule has 1 aromatic rings. The van der Waals surface area contributed by atoms with Crippen LogP contribution in [-0.4, -0.2) is 38.5 Å². The maximum atomic E-state index is 11.9. The Balaban J connectivity index is 1.77. The van der Waals surface area contributed by atoms with Gasteiger partial charge in [0, 0.05) is 31.7 Å².